The molecule has 208 valence electrons. The summed E-state index contributed by atoms with van der Waals surface area (Å²) in [6.45, 7) is 9.83. The highest BCUT2D eigenvalue weighted by Gasteiger charge is 2.17. The van der Waals surface area contributed by atoms with Crippen molar-refractivity contribution in [3.63, 3.8) is 0 Å². The van der Waals surface area contributed by atoms with E-state index in [1.807, 2.05) is 18.2 Å². The molecule has 0 aliphatic heterocycles. The standard InChI is InChI=1S/C28H35ClN6O4/c1-5-6-11-26-32-27(29)25(18-37-19-38-28(36)39-20(2)3)35(26)17-21-12-14-22(15-13-21)24-10-8-7-9-23(24)16-31-34-33-30-4/h7-10,12-15,20H,4-6,11,16-19H2,1-3H3,(H,31,33). The van der Waals surface area contributed by atoms with Gasteiger partial charge in [-0.15, -0.1) is 0 Å². The molecule has 3 aromatic rings. The van der Waals surface area contributed by atoms with Gasteiger partial charge in [-0.05, 0) is 42.5 Å². The first kappa shape index (κ1) is 29.8. The summed E-state index contributed by atoms with van der Waals surface area (Å²) >= 11 is 6.51. The monoisotopic (exact) mass is 554 g/mol. The van der Waals surface area contributed by atoms with Crippen molar-refractivity contribution in [2.75, 3.05) is 6.79 Å². The highest BCUT2D eigenvalue weighted by molar-refractivity contribution is 6.30. The van der Waals surface area contributed by atoms with Crippen LogP contribution in [0.2, 0.25) is 5.15 Å². The minimum atomic E-state index is -0.775. The van der Waals surface area contributed by atoms with E-state index in [4.69, 9.17) is 25.8 Å². The third-order valence-corrected chi connectivity index (χ3v) is 6.04. The summed E-state index contributed by atoms with van der Waals surface area (Å²) in [6.07, 6.45) is 1.78. The highest BCUT2D eigenvalue weighted by atomic mass is 35.5. The molecule has 0 radical (unpaired) electrons. The smallest absolute Gasteiger partial charge is 0.432 e. The van der Waals surface area contributed by atoms with Crippen molar-refractivity contribution >= 4 is 24.5 Å². The molecule has 0 aliphatic carbocycles. The number of unbranched alkanes of at least 4 members (excludes halogenated alkanes) is 1. The van der Waals surface area contributed by atoms with Gasteiger partial charge in [0, 0.05) is 19.7 Å². The highest BCUT2D eigenvalue weighted by Crippen LogP contribution is 2.26. The molecule has 11 heteroatoms. The summed E-state index contributed by atoms with van der Waals surface area (Å²) < 4.78 is 17.6. The summed E-state index contributed by atoms with van der Waals surface area (Å²) in [5.41, 5.74) is 7.38. The molecule has 10 nitrogen and oxygen atoms in total. The number of imidazole rings is 1. The molecule has 0 aliphatic rings. The van der Waals surface area contributed by atoms with Gasteiger partial charge in [0.2, 0.25) is 0 Å². The molecule has 1 aromatic heterocycles. The fraction of sp³-hybridized carbons (Fsp3) is 0.393. The maximum Gasteiger partial charge on any atom is 0.510 e. The van der Waals surface area contributed by atoms with Gasteiger partial charge in [0.1, 0.15) is 5.82 Å². The van der Waals surface area contributed by atoms with Crippen LogP contribution in [0.1, 0.15) is 56.3 Å². The van der Waals surface area contributed by atoms with E-state index in [0.717, 1.165) is 53.0 Å². The number of benzene rings is 2. The van der Waals surface area contributed by atoms with Crippen LogP contribution in [0.25, 0.3) is 11.1 Å². The number of hydrogen-bond acceptors (Lipinski definition) is 8. The molecular weight excluding hydrogens is 520 g/mol. The zero-order chi connectivity index (χ0) is 28.0. The average Bonchev–Trinajstić information content (AvgIpc) is 3.21. The summed E-state index contributed by atoms with van der Waals surface area (Å²) in [5.74, 6) is 0.892. The number of rotatable bonds is 15. The van der Waals surface area contributed by atoms with Crippen molar-refractivity contribution in [3.8, 4) is 11.1 Å². The van der Waals surface area contributed by atoms with Gasteiger partial charge in [-0.2, -0.15) is 15.8 Å². The van der Waals surface area contributed by atoms with Crippen molar-refractivity contribution in [2.45, 2.75) is 65.8 Å². The van der Waals surface area contributed by atoms with Crippen LogP contribution in [0, 0.1) is 0 Å². The molecule has 3 rings (SSSR count). The maximum atomic E-state index is 11.6. The van der Waals surface area contributed by atoms with Crippen molar-refractivity contribution < 1.29 is 19.0 Å². The quantitative estimate of drug-likeness (QED) is 0.0558. The molecule has 2 aromatic carbocycles. The Bertz CT molecular complexity index is 1240. The molecule has 0 atom stereocenters. The van der Waals surface area contributed by atoms with Crippen molar-refractivity contribution in [3.05, 3.63) is 76.3 Å². The number of nitrogens with one attached hydrogen (secondary N) is 1. The Morgan fingerprint density at radius 1 is 1.18 bits per heavy atom. The normalized spacial score (nSPS) is 11.2. The van der Waals surface area contributed by atoms with Crippen LogP contribution in [0.3, 0.4) is 0 Å². The third-order valence-electron chi connectivity index (χ3n) is 5.74. The molecule has 0 unspecified atom stereocenters. The van der Waals surface area contributed by atoms with E-state index in [2.05, 4.69) is 74.5 Å². The molecule has 0 fully saturated rings. The number of ether oxygens (including phenoxy) is 3. The first-order valence-corrected chi connectivity index (χ1v) is 13.2. The lowest BCUT2D eigenvalue weighted by molar-refractivity contribution is -0.0587. The van der Waals surface area contributed by atoms with Crippen molar-refractivity contribution in [1.82, 2.24) is 15.1 Å². The number of hydrogen-bond donors (Lipinski definition) is 1. The van der Waals surface area contributed by atoms with Crippen LogP contribution in [0.15, 0.2) is 64.0 Å². The van der Waals surface area contributed by atoms with Crippen molar-refractivity contribution in [2.24, 2.45) is 15.4 Å². The third kappa shape index (κ3) is 9.19. The Morgan fingerprint density at radius 2 is 1.95 bits per heavy atom. The summed E-state index contributed by atoms with van der Waals surface area (Å²) in [5, 5.41) is 11.7. The minimum absolute atomic E-state index is 0.142. The Kier molecular flexibility index (Phi) is 11.9. The van der Waals surface area contributed by atoms with Crippen LogP contribution in [-0.2, 0) is 40.3 Å². The predicted molar refractivity (Wildman–Crippen MR) is 150 cm³/mol. The number of aryl methyl sites for hydroxylation is 1. The van der Waals surface area contributed by atoms with Crippen molar-refractivity contribution in [1.29, 1.82) is 0 Å². The minimum Gasteiger partial charge on any atom is -0.432 e. The van der Waals surface area contributed by atoms with Crippen LogP contribution in [0.4, 0.5) is 4.79 Å². The molecule has 39 heavy (non-hydrogen) atoms. The lowest BCUT2D eigenvalue weighted by Crippen LogP contribution is -2.15. The lowest BCUT2D eigenvalue weighted by Gasteiger charge is -2.14. The van der Waals surface area contributed by atoms with E-state index in [-0.39, 0.29) is 19.5 Å². The molecule has 1 N–H and O–H groups in total. The van der Waals surface area contributed by atoms with Crippen LogP contribution >= 0.6 is 11.6 Å². The molecule has 0 amide bonds. The zero-order valence-electron chi connectivity index (χ0n) is 22.6. The summed E-state index contributed by atoms with van der Waals surface area (Å²) in [4.78, 5) is 16.2. The second-order valence-electron chi connectivity index (χ2n) is 8.99. The van der Waals surface area contributed by atoms with Crippen LogP contribution in [0.5, 0.6) is 0 Å². The van der Waals surface area contributed by atoms with E-state index < -0.39 is 6.16 Å². The maximum absolute atomic E-state index is 11.6. The van der Waals surface area contributed by atoms with Crippen LogP contribution < -0.4 is 5.53 Å². The first-order valence-electron chi connectivity index (χ1n) is 12.8. The van der Waals surface area contributed by atoms with Gasteiger partial charge >= 0.3 is 6.16 Å². The van der Waals surface area contributed by atoms with Gasteiger partial charge in [0.25, 0.3) is 0 Å². The molecule has 0 saturated carbocycles. The summed E-state index contributed by atoms with van der Waals surface area (Å²) in [7, 11) is 0. The van der Waals surface area contributed by atoms with Gasteiger partial charge in [-0.25, -0.2) is 9.78 Å². The number of hydrazone groups is 1. The molecule has 1 heterocycles. The first-order chi connectivity index (χ1) is 18.9. The Balaban J connectivity index is 1.75. The number of nitrogens with zero attached hydrogens (tertiary/aromatic N) is 5. The number of aromatic nitrogens is 2. The van der Waals surface area contributed by atoms with E-state index >= 15 is 0 Å². The lowest BCUT2D eigenvalue weighted by atomic mass is 9.98. The van der Waals surface area contributed by atoms with E-state index in [1.54, 1.807) is 13.8 Å². The fourth-order valence-corrected chi connectivity index (χ4v) is 4.15. The van der Waals surface area contributed by atoms with E-state index in [0.29, 0.717) is 18.2 Å². The number of carbonyl (C=O) groups excluding carboxylic acids is 1. The SMILES string of the molecule is C=NNN=NCc1ccccc1-c1ccc(Cn2c(CCCC)nc(Cl)c2COCOC(=O)OC(C)C)cc1. The van der Waals surface area contributed by atoms with Gasteiger partial charge in [-0.1, -0.05) is 78.7 Å². The molecule has 0 bridgehead atoms. The Hall–Kier alpha value is -3.76. The molecule has 0 spiro atoms. The van der Waals surface area contributed by atoms with Gasteiger partial charge in [0.15, 0.2) is 11.9 Å². The fourth-order valence-electron chi connectivity index (χ4n) is 3.90. The Labute approximate surface area is 234 Å². The predicted octanol–water partition coefficient (Wildman–Crippen LogP) is 6.70. The Morgan fingerprint density at radius 3 is 2.67 bits per heavy atom. The van der Waals surface area contributed by atoms with Crippen LogP contribution in [-0.4, -0.2) is 35.3 Å². The molecular formula is C28H35ClN6O4. The summed E-state index contributed by atoms with van der Waals surface area (Å²) in [6, 6.07) is 16.4. The second kappa shape index (κ2) is 15.6. The molecule has 0 saturated heterocycles. The van der Waals surface area contributed by atoms with Gasteiger partial charge in [-0.3, -0.25) is 0 Å². The average molecular weight is 555 g/mol. The van der Waals surface area contributed by atoms with Gasteiger partial charge < -0.3 is 18.8 Å². The number of halogens is 1. The largest absolute Gasteiger partial charge is 0.510 e. The number of carbonyl (C=O) groups is 1. The second-order valence-corrected chi connectivity index (χ2v) is 9.35. The van der Waals surface area contributed by atoms with Gasteiger partial charge in [0.05, 0.1) is 24.9 Å². The van der Waals surface area contributed by atoms with E-state index in [9.17, 15) is 4.79 Å². The van der Waals surface area contributed by atoms with E-state index in [1.165, 1.54) is 0 Å². The topological polar surface area (TPSA) is 112 Å². The zero-order valence-corrected chi connectivity index (χ0v) is 23.4.